The average Bonchev–Trinajstić information content (AvgIpc) is 2.91. The molecule has 0 aliphatic carbocycles. The number of rotatable bonds is 6. The summed E-state index contributed by atoms with van der Waals surface area (Å²) in [4.78, 5) is 30.1. The van der Waals surface area contributed by atoms with Gasteiger partial charge in [0.05, 0.1) is 27.5 Å². The highest BCUT2D eigenvalue weighted by Crippen LogP contribution is 2.31. The Bertz CT molecular complexity index is 1330. The van der Waals surface area contributed by atoms with Gasteiger partial charge in [-0.2, -0.15) is 0 Å². The molecule has 3 aromatic rings. The number of aryl methyl sites for hydroxylation is 1. The molecule has 1 amide bonds. The van der Waals surface area contributed by atoms with Crippen molar-refractivity contribution in [2.24, 2.45) is 5.92 Å². The number of hydrogen-bond donors (Lipinski definition) is 1. The van der Waals surface area contributed by atoms with Gasteiger partial charge < -0.3 is 15.1 Å². The highest BCUT2D eigenvalue weighted by molar-refractivity contribution is 6.34. The van der Waals surface area contributed by atoms with Crippen LogP contribution in [0.15, 0.2) is 36.8 Å². The van der Waals surface area contributed by atoms with E-state index >= 15 is 4.39 Å². The number of piperidine rings is 1. The molecule has 1 aliphatic rings. The summed E-state index contributed by atoms with van der Waals surface area (Å²) in [6.45, 7) is 4.13. The standard InChI is InChI=1S/C29H32ClFN6O/c1-5-25-22(8-6-19-7-9-26(32-2)33-16-19)28(35-18-34-25)21-14-23(30)27(24(31)15-21)29(38)37-12-10-20(11-13-37)17-36(3)4/h7,9,14-16,18,20H,5,10-13,17H2,1-4H3,(H,32,33). The molecule has 0 atom stereocenters. The molecule has 7 nitrogen and oxygen atoms in total. The van der Waals surface area contributed by atoms with Crippen LogP contribution < -0.4 is 5.32 Å². The summed E-state index contributed by atoms with van der Waals surface area (Å²) >= 11 is 6.54. The van der Waals surface area contributed by atoms with Gasteiger partial charge in [-0.25, -0.2) is 19.3 Å². The van der Waals surface area contributed by atoms with Crippen molar-refractivity contribution in [1.82, 2.24) is 24.8 Å². The summed E-state index contributed by atoms with van der Waals surface area (Å²) in [5.41, 5.74) is 2.85. The van der Waals surface area contributed by atoms with Crippen LogP contribution in [0.2, 0.25) is 5.02 Å². The van der Waals surface area contributed by atoms with Gasteiger partial charge in [0, 0.05) is 44.0 Å². The minimum Gasteiger partial charge on any atom is -0.373 e. The molecule has 0 saturated carbocycles. The predicted octanol–water partition coefficient (Wildman–Crippen LogP) is 4.75. The summed E-state index contributed by atoms with van der Waals surface area (Å²) in [5.74, 6) is 6.47. The summed E-state index contributed by atoms with van der Waals surface area (Å²) in [6, 6.07) is 6.60. The van der Waals surface area contributed by atoms with Gasteiger partial charge in [-0.15, -0.1) is 0 Å². The van der Waals surface area contributed by atoms with E-state index in [0.717, 1.165) is 36.5 Å². The Labute approximate surface area is 228 Å². The smallest absolute Gasteiger partial charge is 0.258 e. The number of benzene rings is 1. The van der Waals surface area contributed by atoms with Gasteiger partial charge in [0.2, 0.25) is 0 Å². The third-order valence-corrected chi connectivity index (χ3v) is 6.96. The number of anilines is 1. The van der Waals surface area contributed by atoms with Crippen LogP contribution >= 0.6 is 11.6 Å². The molecule has 0 bridgehead atoms. The number of hydrogen-bond acceptors (Lipinski definition) is 6. The summed E-state index contributed by atoms with van der Waals surface area (Å²) in [5, 5.41) is 3.03. The first-order valence-corrected chi connectivity index (χ1v) is 13.1. The fourth-order valence-electron chi connectivity index (χ4n) is 4.70. The topological polar surface area (TPSA) is 74.2 Å². The molecule has 0 unspecified atom stereocenters. The van der Waals surface area contributed by atoms with Crippen LogP contribution in [-0.4, -0.2) is 71.4 Å². The molecule has 0 radical (unpaired) electrons. The Morgan fingerprint density at radius 1 is 1.18 bits per heavy atom. The number of carbonyl (C=O) groups excluding carboxylic acids is 1. The highest BCUT2D eigenvalue weighted by Gasteiger charge is 2.28. The van der Waals surface area contributed by atoms with Crippen molar-refractivity contribution >= 4 is 23.3 Å². The molecule has 4 rings (SSSR count). The van der Waals surface area contributed by atoms with Gasteiger partial charge >= 0.3 is 0 Å². The van der Waals surface area contributed by atoms with E-state index in [-0.39, 0.29) is 16.5 Å². The molecule has 0 spiro atoms. The summed E-state index contributed by atoms with van der Waals surface area (Å²) in [6.07, 6.45) is 5.50. The Kier molecular flexibility index (Phi) is 8.93. The number of pyridine rings is 1. The van der Waals surface area contributed by atoms with Gasteiger partial charge in [0.1, 0.15) is 18.0 Å². The molecule has 2 aromatic heterocycles. The van der Waals surface area contributed by atoms with Crippen molar-refractivity contribution in [3.05, 3.63) is 70.0 Å². The van der Waals surface area contributed by atoms with Gasteiger partial charge in [0.25, 0.3) is 5.91 Å². The zero-order chi connectivity index (χ0) is 27.2. The second-order valence-corrected chi connectivity index (χ2v) is 10.0. The van der Waals surface area contributed by atoms with E-state index in [0.29, 0.717) is 42.2 Å². The van der Waals surface area contributed by atoms with E-state index in [1.807, 2.05) is 33.2 Å². The molecular weight excluding hydrogens is 503 g/mol. The first kappa shape index (κ1) is 27.5. The zero-order valence-electron chi connectivity index (χ0n) is 22.2. The molecule has 1 saturated heterocycles. The third kappa shape index (κ3) is 6.29. The molecule has 1 fully saturated rings. The first-order valence-electron chi connectivity index (χ1n) is 12.7. The predicted molar refractivity (Wildman–Crippen MR) is 149 cm³/mol. The number of nitrogens with one attached hydrogen (secondary N) is 1. The molecule has 1 aliphatic heterocycles. The number of amides is 1. The van der Waals surface area contributed by atoms with Gasteiger partial charge in [-0.05, 0) is 63.5 Å². The SMILES string of the molecule is CCc1ncnc(-c2cc(F)c(C(=O)N3CCC(CN(C)C)CC3)c(Cl)c2)c1C#Cc1ccc(NC)nc1. The number of carbonyl (C=O) groups is 1. The zero-order valence-corrected chi connectivity index (χ0v) is 22.9. The van der Waals surface area contributed by atoms with Crippen molar-refractivity contribution in [3.63, 3.8) is 0 Å². The Morgan fingerprint density at radius 3 is 2.55 bits per heavy atom. The summed E-state index contributed by atoms with van der Waals surface area (Å²) in [7, 11) is 5.89. The Balaban J connectivity index is 1.63. The van der Waals surface area contributed by atoms with Crippen molar-refractivity contribution < 1.29 is 9.18 Å². The normalized spacial score (nSPS) is 13.8. The molecule has 9 heteroatoms. The third-order valence-electron chi connectivity index (χ3n) is 6.67. The Morgan fingerprint density at radius 2 is 1.95 bits per heavy atom. The van der Waals surface area contributed by atoms with Crippen LogP contribution in [0, 0.1) is 23.6 Å². The quantitative estimate of drug-likeness (QED) is 0.460. The lowest BCUT2D eigenvalue weighted by Crippen LogP contribution is -2.41. The monoisotopic (exact) mass is 534 g/mol. The van der Waals surface area contributed by atoms with E-state index in [9.17, 15) is 4.79 Å². The van der Waals surface area contributed by atoms with E-state index in [2.05, 4.69) is 37.0 Å². The first-order chi connectivity index (χ1) is 18.3. The fraction of sp³-hybridized carbons (Fsp3) is 0.379. The largest absolute Gasteiger partial charge is 0.373 e. The number of aromatic nitrogens is 3. The number of halogens is 2. The van der Waals surface area contributed by atoms with E-state index < -0.39 is 5.82 Å². The fourth-order valence-corrected chi connectivity index (χ4v) is 4.99. The highest BCUT2D eigenvalue weighted by atomic mass is 35.5. The van der Waals surface area contributed by atoms with Crippen LogP contribution in [0.3, 0.4) is 0 Å². The second kappa shape index (κ2) is 12.3. The van der Waals surface area contributed by atoms with Crippen LogP contribution in [0.25, 0.3) is 11.3 Å². The van der Waals surface area contributed by atoms with Crippen LogP contribution in [0.1, 0.15) is 46.9 Å². The Hall–Kier alpha value is -3.54. The van der Waals surface area contributed by atoms with Gasteiger partial charge in [-0.3, -0.25) is 4.79 Å². The maximum Gasteiger partial charge on any atom is 0.258 e. The molecule has 198 valence electrons. The van der Waals surface area contributed by atoms with Crippen LogP contribution in [-0.2, 0) is 6.42 Å². The minimum absolute atomic E-state index is 0.0582. The van der Waals surface area contributed by atoms with Crippen molar-refractivity contribution in [3.8, 4) is 23.1 Å². The average molecular weight is 535 g/mol. The maximum atomic E-state index is 15.5. The second-order valence-electron chi connectivity index (χ2n) is 9.64. The molecule has 38 heavy (non-hydrogen) atoms. The van der Waals surface area contributed by atoms with Crippen LogP contribution in [0.4, 0.5) is 10.2 Å². The van der Waals surface area contributed by atoms with E-state index in [1.54, 1.807) is 24.2 Å². The van der Waals surface area contributed by atoms with Crippen LogP contribution in [0.5, 0.6) is 0 Å². The van der Waals surface area contributed by atoms with E-state index in [1.165, 1.54) is 12.4 Å². The number of nitrogens with zero attached hydrogens (tertiary/aromatic N) is 5. The van der Waals surface area contributed by atoms with Gasteiger partial charge in [-0.1, -0.05) is 30.4 Å². The molecular formula is C29H32ClFN6O. The maximum absolute atomic E-state index is 15.5. The van der Waals surface area contributed by atoms with Gasteiger partial charge in [0.15, 0.2) is 0 Å². The lowest BCUT2D eigenvalue weighted by atomic mass is 9.95. The van der Waals surface area contributed by atoms with E-state index in [4.69, 9.17) is 11.6 Å². The lowest BCUT2D eigenvalue weighted by Gasteiger charge is -2.33. The molecule has 1 aromatic carbocycles. The minimum atomic E-state index is -0.671. The van der Waals surface area contributed by atoms with Crippen molar-refractivity contribution in [1.29, 1.82) is 0 Å². The molecule has 3 heterocycles. The van der Waals surface area contributed by atoms with Crippen molar-refractivity contribution in [2.75, 3.05) is 46.1 Å². The van der Waals surface area contributed by atoms with Crippen molar-refractivity contribution in [2.45, 2.75) is 26.2 Å². The molecule has 1 N–H and O–H groups in total. The lowest BCUT2D eigenvalue weighted by molar-refractivity contribution is 0.0673. The summed E-state index contributed by atoms with van der Waals surface area (Å²) < 4.78 is 15.5. The number of likely N-dealkylation sites (tertiary alicyclic amines) is 1.